The third-order valence-electron chi connectivity index (χ3n) is 3.53. The van der Waals surface area contributed by atoms with E-state index in [2.05, 4.69) is 39.6 Å². The van der Waals surface area contributed by atoms with Gasteiger partial charge >= 0.3 is 0 Å². The van der Waals surface area contributed by atoms with E-state index in [-0.39, 0.29) is 0 Å². The maximum Gasteiger partial charge on any atom is 0.193 e. The van der Waals surface area contributed by atoms with Crippen LogP contribution in [0.5, 0.6) is 0 Å². The highest BCUT2D eigenvalue weighted by Gasteiger charge is 2.18. The van der Waals surface area contributed by atoms with Crippen LogP contribution < -0.4 is 5.32 Å². The second-order valence-electron chi connectivity index (χ2n) is 4.97. The quantitative estimate of drug-likeness (QED) is 0.672. The van der Waals surface area contributed by atoms with Gasteiger partial charge in [-0.3, -0.25) is 4.99 Å². The number of thiophene rings is 1. The molecule has 1 aromatic rings. The average molecular weight is 265 g/mol. The molecule has 0 amide bonds. The van der Waals surface area contributed by atoms with Crippen molar-refractivity contribution in [1.82, 2.24) is 10.2 Å². The molecule has 1 N–H and O–H groups in total. The van der Waals surface area contributed by atoms with Crippen molar-refractivity contribution in [2.45, 2.75) is 26.2 Å². The van der Waals surface area contributed by atoms with Crippen LogP contribution in [0.4, 0.5) is 0 Å². The van der Waals surface area contributed by atoms with Crippen LogP contribution in [-0.4, -0.2) is 37.5 Å². The summed E-state index contributed by atoms with van der Waals surface area (Å²) in [5.41, 5.74) is 0. The maximum atomic E-state index is 4.39. The monoisotopic (exact) mass is 265 g/mol. The molecule has 0 spiro atoms. The Labute approximate surface area is 114 Å². The third kappa shape index (κ3) is 3.73. The van der Waals surface area contributed by atoms with E-state index < -0.39 is 0 Å². The van der Waals surface area contributed by atoms with Crippen molar-refractivity contribution >= 4 is 17.3 Å². The Morgan fingerprint density at radius 1 is 1.50 bits per heavy atom. The molecule has 0 aliphatic carbocycles. The number of hydrogen-bond donors (Lipinski definition) is 1. The van der Waals surface area contributed by atoms with Crippen molar-refractivity contribution in [3.63, 3.8) is 0 Å². The number of guanidine groups is 1. The van der Waals surface area contributed by atoms with Gasteiger partial charge in [0.2, 0.25) is 0 Å². The van der Waals surface area contributed by atoms with Gasteiger partial charge in [-0.05, 0) is 36.6 Å². The van der Waals surface area contributed by atoms with Gasteiger partial charge in [0.05, 0.1) is 0 Å². The summed E-state index contributed by atoms with van der Waals surface area (Å²) in [5.74, 6) is 1.93. The molecule has 100 valence electrons. The first kappa shape index (κ1) is 13.4. The lowest BCUT2D eigenvalue weighted by molar-refractivity contribution is 0.273. The van der Waals surface area contributed by atoms with E-state index in [4.69, 9.17) is 0 Å². The van der Waals surface area contributed by atoms with E-state index in [0.29, 0.717) is 0 Å². The Kier molecular flexibility index (Phi) is 5.05. The minimum atomic E-state index is 0.866. The summed E-state index contributed by atoms with van der Waals surface area (Å²) in [6.07, 6.45) is 3.65. The summed E-state index contributed by atoms with van der Waals surface area (Å²) in [4.78, 5) is 8.21. The molecule has 0 atom stereocenters. The van der Waals surface area contributed by atoms with Crippen LogP contribution in [0.2, 0.25) is 0 Å². The van der Waals surface area contributed by atoms with E-state index in [1.807, 2.05) is 18.4 Å². The normalized spacial score (nSPS) is 18.1. The molecule has 1 aliphatic heterocycles. The molecule has 1 saturated heterocycles. The van der Waals surface area contributed by atoms with Crippen molar-refractivity contribution in [1.29, 1.82) is 0 Å². The Balaban J connectivity index is 1.75. The standard InChI is InChI=1S/C14H23N3S/c1-12-6-9-17(10-7-12)14(15-2)16-8-5-13-4-3-11-18-13/h3-4,11-12H,5-10H2,1-2H3,(H,15,16). The van der Waals surface area contributed by atoms with Gasteiger partial charge in [-0.1, -0.05) is 13.0 Å². The second kappa shape index (κ2) is 6.78. The molecular formula is C14H23N3S. The smallest absolute Gasteiger partial charge is 0.193 e. The van der Waals surface area contributed by atoms with Crippen molar-refractivity contribution in [3.8, 4) is 0 Å². The molecule has 4 heteroatoms. The van der Waals surface area contributed by atoms with E-state index in [1.165, 1.54) is 17.7 Å². The summed E-state index contributed by atoms with van der Waals surface area (Å²) >= 11 is 1.82. The Hall–Kier alpha value is -1.03. The molecule has 0 radical (unpaired) electrons. The number of aliphatic imine (C=N–C) groups is 1. The molecule has 0 bridgehead atoms. The topological polar surface area (TPSA) is 27.6 Å². The van der Waals surface area contributed by atoms with Gasteiger partial charge in [0.15, 0.2) is 5.96 Å². The van der Waals surface area contributed by atoms with Crippen LogP contribution in [0.3, 0.4) is 0 Å². The van der Waals surface area contributed by atoms with Crippen LogP contribution >= 0.6 is 11.3 Å². The maximum absolute atomic E-state index is 4.39. The van der Waals surface area contributed by atoms with Gasteiger partial charge in [-0.15, -0.1) is 11.3 Å². The van der Waals surface area contributed by atoms with Gasteiger partial charge in [-0.2, -0.15) is 0 Å². The number of likely N-dealkylation sites (tertiary alicyclic amines) is 1. The summed E-state index contributed by atoms with van der Waals surface area (Å²) in [5, 5.41) is 5.61. The number of rotatable bonds is 3. The molecule has 0 saturated carbocycles. The number of nitrogens with one attached hydrogen (secondary N) is 1. The van der Waals surface area contributed by atoms with Crippen LogP contribution in [0.1, 0.15) is 24.6 Å². The number of hydrogen-bond acceptors (Lipinski definition) is 2. The predicted molar refractivity (Wildman–Crippen MR) is 79.4 cm³/mol. The number of nitrogens with zero attached hydrogens (tertiary/aromatic N) is 2. The van der Waals surface area contributed by atoms with Crippen molar-refractivity contribution < 1.29 is 0 Å². The zero-order chi connectivity index (χ0) is 12.8. The van der Waals surface area contributed by atoms with E-state index in [1.54, 1.807) is 0 Å². The summed E-state index contributed by atoms with van der Waals surface area (Å²) in [6.45, 7) is 5.59. The third-order valence-corrected chi connectivity index (χ3v) is 4.47. The number of piperidine rings is 1. The van der Waals surface area contributed by atoms with Gasteiger partial charge in [0.25, 0.3) is 0 Å². The fourth-order valence-electron chi connectivity index (χ4n) is 2.31. The van der Waals surface area contributed by atoms with E-state index in [0.717, 1.165) is 37.9 Å². The Morgan fingerprint density at radius 3 is 2.89 bits per heavy atom. The Morgan fingerprint density at radius 2 is 2.28 bits per heavy atom. The molecule has 1 aromatic heterocycles. The van der Waals surface area contributed by atoms with Crippen LogP contribution in [0.15, 0.2) is 22.5 Å². The van der Waals surface area contributed by atoms with Crippen molar-refractivity contribution in [3.05, 3.63) is 22.4 Å². The minimum Gasteiger partial charge on any atom is -0.356 e. The highest BCUT2D eigenvalue weighted by atomic mass is 32.1. The van der Waals surface area contributed by atoms with Gasteiger partial charge in [0.1, 0.15) is 0 Å². The van der Waals surface area contributed by atoms with Gasteiger partial charge in [0, 0.05) is 31.6 Å². The molecule has 0 unspecified atom stereocenters. The van der Waals surface area contributed by atoms with Gasteiger partial charge in [-0.25, -0.2) is 0 Å². The molecule has 1 fully saturated rings. The first-order chi connectivity index (χ1) is 8.79. The zero-order valence-corrected chi connectivity index (χ0v) is 12.2. The Bertz CT molecular complexity index is 364. The molecule has 18 heavy (non-hydrogen) atoms. The van der Waals surface area contributed by atoms with E-state index >= 15 is 0 Å². The fourth-order valence-corrected chi connectivity index (χ4v) is 3.01. The van der Waals surface area contributed by atoms with E-state index in [9.17, 15) is 0 Å². The van der Waals surface area contributed by atoms with Crippen LogP contribution in [-0.2, 0) is 6.42 Å². The lowest BCUT2D eigenvalue weighted by atomic mass is 10.00. The van der Waals surface area contributed by atoms with Crippen molar-refractivity contribution in [2.75, 3.05) is 26.7 Å². The molecule has 2 rings (SSSR count). The lowest BCUT2D eigenvalue weighted by Gasteiger charge is -2.32. The molecule has 0 aromatic carbocycles. The highest BCUT2D eigenvalue weighted by molar-refractivity contribution is 7.09. The predicted octanol–water partition coefficient (Wildman–Crippen LogP) is 2.60. The highest BCUT2D eigenvalue weighted by Crippen LogP contribution is 2.15. The van der Waals surface area contributed by atoms with Crippen LogP contribution in [0.25, 0.3) is 0 Å². The summed E-state index contributed by atoms with van der Waals surface area (Å²) in [7, 11) is 1.88. The summed E-state index contributed by atoms with van der Waals surface area (Å²) < 4.78 is 0. The molecular weight excluding hydrogens is 242 g/mol. The molecule has 1 aliphatic rings. The first-order valence-electron chi connectivity index (χ1n) is 6.77. The summed E-state index contributed by atoms with van der Waals surface area (Å²) in [6, 6.07) is 4.30. The average Bonchev–Trinajstić information content (AvgIpc) is 2.89. The van der Waals surface area contributed by atoms with Gasteiger partial charge < -0.3 is 10.2 Å². The molecule has 3 nitrogen and oxygen atoms in total. The largest absolute Gasteiger partial charge is 0.356 e. The zero-order valence-electron chi connectivity index (χ0n) is 11.4. The second-order valence-corrected chi connectivity index (χ2v) is 6.01. The van der Waals surface area contributed by atoms with Crippen LogP contribution in [0, 0.1) is 5.92 Å². The van der Waals surface area contributed by atoms with Crippen molar-refractivity contribution in [2.24, 2.45) is 10.9 Å². The lowest BCUT2D eigenvalue weighted by Crippen LogP contribution is -2.45. The minimum absolute atomic E-state index is 0.866. The molecule has 2 heterocycles. The first-order valence-corrected chi connectivity index (χ1v) is 7.65. The fraction of sp³-hybridized carbons (Fsp3) is 0.643. The SMILES string of the molecule is CN=C(NCCc1cccs1)N1CCC(C)CC1.